The van der Waals surface area contributed by atoms with E-state index in [0.717, 1.165) is 116 Å². The molecule has 0 spiro atoms. The second kappa shape index (κ2) is 67.3. The highest BCUT2D eigenvalue weighted by Crippen LogP contribution is 2.26. The van der Waals surface area contributed by atoms with Crippen LogP contribution in [0.2, 0.25) is 0 Å². The number of carbonyl (C=O) groups excluding carboxylic acids is 2. The molecule has 0 aromatic carbocycles. The summed E-state index contributed by atoms with van der Waals surface area (Å²) >= 11 is 0. The van der Waals surface area contributed by atoms with Crippen LogP contribution in [0, 0.1) is 0 Å². The number of unbranched alkanes of at least 4 members (excludes halogenated alkanes) is 35. The zero-order chi connectivity index (χ0) is 66.7. The van der Waals surface area contributed by atoms with Gasteiger partial charge in [-0.1, -0.05) is 316 Å². The number of hydrogen-bond donors (Lipinski definition) is 6. The Morgan fingerprint density at radius 2 is 0.750 bits per heavy atom. The molecule has 6 N–H and O–H groups in total. The summed E-state index contributed by atoms with van der Waals surface area (Å²) in [5.74, 6) is -1.20. The number of aliphatic hydroxyl groups is 5. The van der Waals surface area contributed by atoms with Crippen LogP contribution in [-0.2, 0) is 23.8 Å². The second-order valence-corrected chi connectivity index (χ2v) is 26.0. The van der Waals surface area contributed by atoms with Gasteiger partial charge in [-0.3, -0.25) is 9.59 Å². The highest BCUT2D eigenvalue weighted by molar-refractivity contribution is 5.80. The van der Waals surface area contributed by atoms with E-state index >= 15 is 0 Å². The van der Waals surface area contributed by atoms with Crippen molar-refractivity contribution in [2.45, 2.75) is 378 Å². The van der Waals surface area contributed by atoms with Gasteiger partial charge in [0.05, 0.1) is 25.4 Å². The number of aliphatic hydroxyl groups excluding tert-OH is 5. The molecule has 0 radical (unpaired) electrons. The summed E-state index contributed by atoms with van der Waals surface area (Å²) in [4.78, 5) is 26.7. The normalized spacial score (nSPS) is 18.5. The fourth-order valence-corrected chi connectivity index (χ4v) is 11.4. The van der Waals surface area contributed by atoms with E-state index in [-0.39, 0.29) is 19.4 Å². The zero-order valence-corrected chi connectivity index (χ0v) is 59.1. The quantitative estimate of drug-likeness (QED) is 0.0195. The van der Waals surface area contributed by atoms with E-state index in [2.05, 4.69) is 123 Å². The van der Waals surface area contributed by atoms with E-state index in [1.165, 1.54) is 167 Å². The van der Waals surface area contributed by atoms with Gasteiger partial charge in [0, 0.05) is 6.42 Å². The molecule has 0 aromatic rings. The first kappa shape index (κ1) is 86.3. The third-order valence-electron chi connectivity index (χ3n) is 17.4. The highest BCUT2D eigenvalue weighted by atomic mass is 16.7. The van der Waals surface area contributed by atoms with Crippen molar-refractivity contribution < 1.29 is 49.3 Å². The molecule has 8 unspecified atom stereocenters. The molecule has 92 heavy (non-hydrogen) atoms. The molecule has 0 bridgehead atoms. The summed E-state index contributed by atoms with van der Waals surface area (Å²) in [5.41, 5.74) is 0. The van der Waals surface area contributed by atoms with Crippen molar-refractivity contribution in [3.63, 3.8) is 0 Å². The second-order valence-electron chi connectivity index (χ2n) is 26.0. The zero-order valence-electron chi connectivity index (χ0n) is 59.1. The lowest BCUT2D eigenvalue weighted by Crippen LogP contribution is -2.61. The lowest BCUT2D eigenvalue weighted by Gasteiger charge is -2.41. The van der Waals surface area contributed by atoms with Crippen LogP contribution >= 0.6 is 0 Å². The summed E-state index contributed by atoms with van der Waals surface area (Å²) in [6.45, 7) is 5.76. The minimum absolute atomic E-state index is 0.112. The number of esters is 1. The van der Waals surface area contributed by atoms with Gasteiger partial charge in [-0.2, -0.15) is 0 Å². The summed E-state index contributed by atoms with van der Waals surface area (Å²) in [7, 11) is 0. The van der Waals surface area contributed by atoms with Crippen LogP contribution in [0.3, 0.4) is 0 Å². The van der Waals surface area contributed by atoms with Gasteiger partial charge in [0.15, 0.2) is 12.4 Å². The fraction of sp³-hybridized carbons (Fsp3) is 0.753. The first-order valence-electron chi connectivity index (χ1n) is 38.2. The number of hydrogen-bond acceptors (Lipinski definition) is 10. The van der Waals surface area contributed by atoms with E-state index in [0.29, 0.717) is 12.8 Å². The summed E-state index contributed by atoms with van der Waals surface area (Å²) in [5, 5.41) is 57.4. The Morgan fingerprint density at radius 3 is 1.14 bits per heavy atom. The first-order chi connectivity index (χ1) is 45.2. The van der Waals surface area contributed by atoms with E-state index in [4.69, 9.17) is 14.2 Å². The van der Waals surface area contributed by atoms with Crippen LogP contribution < -0.4 is 5.32 Å². The third-order valence-corrected chi connectivity index (χ3v) is 17.4. The molecule has 1 aliphatic heterocycles. The number of nitrogens with one attached hydrogen (secondary N) is 1. The molecule has 11 nitrogen and oxygen atoms in total. The molecule has 1 rings (SSSR count). The molecule has 0 aliphatic carbocycles. The Hall–Kier alpha value is -3.68. The molecular weight excluding hydrogens is 1150 g/mol. The number of carbonyl (C=O) groups is 2. The number of allylic oxidation sites excluding steroid dienone is 17. The van der Waals surface area contributed by atoms with Gasteiger partial charge in [-0.15, -0.1) is 0 Å². The number of ether oxygens (including phenoxy) is 3. The Bertz CT molecular complexity index is 1920. The minimum atomic E-state index is -1.62. The Balaban J connectivity index is 2.54. The molecule has 1 saturated heterocycles. The maximum Gasteiger partial charge on any atom is 0.306 e. The van der Waals surface area contributed by atoms with Crippen LogP contribution in [0.4, 0.5) is 0 Å². The highest BCUT2D eigenvalue weighted by Gasteiger charge is 2.47. The Morgan fingerprint density at radius 1 is 0.424 bits per heavy atom. The number of amides is 1. The van der Waals surface area contributed by atoms with Gasteiger partial charge in [0.25, 0.3) is 0 Å². The summed E-state index contributed by atoms with van der Waals surface area (Å²) in [6, 6.07) is -1.03. The smallest absolute Gasteiger partial charge is 0.306 e. The van der Waals surface area contributed by atoms with Crippen LogP contribution in [-0.4, -0.2) is 99.6 Å². The molecule has 11 heteroatoms. The van der Waals surface area contributed by atoms with Crippen LogP contribution in [0.5, 0.6) is 0 Å². The Labute approximate surface area is 564 Å². The molecular formula is C81H141NO10. The van der Waals surface area contributed by atoms with Crippen molar-refractivity contribution in [3.8, 4) is 0 Å². The molecule has 0 aromatic heterocycles. The molecule has 0 saturated carbocycles. The van der Waals surface area contributed by atoms with Gasteiger partial charge in [0.1, 0.15) is 24.4 Å². The predicted octanol–water partition coefficient (Wildman–Crippen LogP) is 20.4. The maximum absolute atomic E-state index is 13.5. The first-order valence-corrected chi connectivity index (χ1v) is 38.2. The third kappa shape index (κ3) is 53.6. The van der Waals surface area contributed by atoms with Crippen molar-refractivity contribution >= 4 is 11.9 Å². The molecule has 8 atom stereocenters. The average Bonchev–Trinajstić information content (AvgIpc) is 0.881. The average molecular weight is 1290 g/mol. The van der Waals surface area contributed by atoms with Gasteiger partial charge in [0.2, 0.25) is 5.91 Å². The molecule has 1 fully saturated rings. The minimum Gasteiger partial charge on any atom is -0.454 e. The van der Waals surface area contributed by atoms with Crippen LogP contribution in [0.1, 0.15) is 329 Å². The van der Waals surface area contributed by atoms with E-state index in [9.17, 15) is 35.1 Å². The maximum atomic E-state index is 13.5. The van der Waals surface area contributed by atoms with Gasteiger partial charge < -0.3 is 45.1 Å². The topological polar surface area (TPSA) is 175 Å². The fourth-order valence-electron chi connectivity index (χ4n) is 11.4. The van der Waals surface area contributed by atoms with E-state index < -0.39 is 67.4 Å². The van der Waals surface area contributed by atoms with Crippen molar-refractivity contribution in [2.24, 2.45) is 0 Å². The van der Waals surface area contributed by atoms with E-state index in [1.54, 1.807) is 6.08 Å². The largest absolute Gasteiger partial charge is 0.454 e. The van der Waals surface area contributed by atoms with Crippen LogP contribution in [0.25, 0.3) is 0 Å². The van der Waals surface area contributed by atoms with Gasteiger partial charge in [-0.05, 0) is 116 Å². The van der Waals surface area contributed by atoms with Crippen LogP contribution in [0.15, 0.2) is 109 Å². The lowest BCUT2D eigenvalue weighted by atomic mass is 9.99. The molecule has 1 amide bonds. The van der Waals surface area contributed by atoms with Crippen molar-refractivity contribution in [2.75, 3.05) is 13.2 Å². The number of rotatable bonds is 65. The SMILES string of the molecule is CCCCC/C=C\C/C=C\C/C=C\C/C=C\CCCCCCCCCCCCC(O)C(=O)NC(COC1OC(CO)C(O)C(O)C1OC(=O)CCCCCCCCCCC/C=C\C/C=C\C/C=C\C/C=C\CCCCC)C(O)/C=C/CCCCCCCCCCCC. The Kier molecular flexibility index (Phi) is 63.2. The molecule has 530 valence electrons. The molecule has 1 heterocycles. The predicted molar refractivity (Wildman–Crippen MR) is 388 cm³/mol. The standard InChI is InChI=1S/C81H141NO10/c1-4-7-10-13-16-19-22-25-27-29-31-33-35-37-39-40-42-44-46-48-50-53-56-59-62-65-68-74(85)80(89)82-72(73(84)67-64-61-58-55-52-24-21-18-15-12-9-6-3)71-90-81-79(78(88)77(87)75(70-83)91-81)92-76(86)69-66-63-60-57-54-51-49-47-45-43-41-38-36-34-32-30-28-26-23-20-17-14-11-8-5-2/h16-17,19-20,25-28,31-34,37-39,41,64,67,72-75,77-79,81,83-85,87-88H,4-15,18,21-24,29-30,35-36,40,42-63,65-66,68-71H2,1-3H3,(H,82,89)/b19-16-,20-17-,27-25-,28-26-,33-31-,34-32-,39-37-,41-38-,67-64+. The molecule has 1 aliphatic rings. The summed E-state index contributed by atoms with van der Waals surface area (Å²) in [6.07, 6.45) is 82.6. The monoisotopic (exact) mass is 1290 g/mol. The van der Waals surface area contributed by atoms with Crippen molar-refractivity contribution in [1.29, 1.82) is 0 Å². The van der Waals surface area contributed by atoms with Gasteiger partial charge >= 0.3 is 5.97 Å². The lowest BCUT2D eigenvalue weighted by molar-refractivity contribution is -0.305. The van der Waals surface area contributed by atoms with E-state index in [1.807, 2.05) is 6.08 Å². The summed E-state index contributed by atoms with van der Waals surface area (Å²) < 4.78 is 17.7. The van der Waals surface area contributed by atoms with Gasteiger partial charge in [-0.25, -0.2) is 0 Å². The van der Waals surface area contributed by atoms with Crippen molar-refractivity contribution in [1.82, 2.24) is 5.32 Å². The van der Waals surface area contributed by atoms with Crippen molar-refractivity contribution in [3.05, 3.63) is 109 Å².